The summed E-state index contributed by atoms with van der Waals surface area (Å²) in [7, 11) is 0. The first-order valence-corrected chi connectivity index (χ1v) is 13.0. The van der Waals surface area contributed by atoms with Crippen LogP contribution in [0, 0.1) is 24.7 Å². The van der Waals surface area contributed by atoms with Crippen molar-refractivity contribution in [1.29, 1.82) is 0 Å². The zero-order chi connectivity index (χ0) is 28.9. The van der Waals surface area contributed by atoms with Crippen molar-refractivity contribution in [2.24, 2.45) is 10.8 Å². The largest absolute Gasteiger partial charge is 2.00 e. The van der Waals surface area contributed by atoms with Crippen LogP contribution in [0.15, 0.2) is 24.3 Å². The van der Waals surface area contributed by atoms with Crippen LogP contribution in [0.3, 0.4) is 0 Å². The fourth-order valence-corrected chi connectivity index (χ4v) is 5.09. The van der Waals surface area contributed by atoms with Crippen molar-refractivity contribution < 1.29 is 39.0 Å². The van der Waals surface area contributed by atoms with Crippen LogP contribution in [0.2, 0.25) is 0 Å². The van der Waals surface area contributed by atoms with E-state index in [-0.39, 0.29) is 37.0 Å². The molecular formula is C28H38N2O8Sn. The van der Waals surface area contributed by atoms with E-state index in [2.05, 4.69) is 13.8 Å². The van der Waals surface area contributed by atoms with Crippen LogP contribution in [0.1, 0.15) is 78.1 Å². The number of carbonyl (C=O) groups is 6. The molecule has 11 heteroatoms. The molecule has 39 heavy (non-hydrogen) atoms. The van der Waals surface area contributed by atoms with Gasteiger partial charge in [0.05, 0.1) is 0 Å². The standard InChI is InChI=1S/2C12H15NO4.2C2H5.Sn/c2*14-9-4-5-10(15)13(9)8-12(11(16)17)6-2-1-3-7-12;2*1-2;/h2*4-5H,1-3,6-8H2,(H,16,17);2*1H2,2H3;/q;;;;+2/p-2. The molecule has 0 unspecified atom stereocenters. The summed E-state index contributed by atoms with van der Waals surface area (Å²) < 4.78 is 0. The predicted molar refractivity (Wildman–Crippen MR) is 141 cm³/mol. The topological polar surface area (TPSA) is 155 Å². The fourth-order valence-electron chi connectivity index (χ4n) is 5.09. The minimum atomic E-state index is -1.15. The van der Waals surface area contributed by atoms with E-state index in [1.165, 1.54) is 24.3 Å². The second-order valence-corrected chi connectivity index (χ2v) is 9.45. The summed E-state index contributed by atoms with van der Waals surface area (Å²) in [6.07, 6.45) is 11.8. The Morgan fingerprint density at radius 3 is 1.05 bits per heavy atom. The average Bonchev–Trinajstić information content (AvgIpc) is 3.42. The molecule has 0 aromatic heterocycles. The number of hydrogen-bond donors (Lipinski definition) is 0. The van der Waals surface area contributed by atoms with Gasteiger partial charge in [0.1, 0.15) is 0 Å². The molecule has 212 valence electrons. The second kappa shape index (κ2) is 17.2. The van der Waals surface area contributed by atoms with Gasteiger partial charge in [-0.25, -0.2) is 0 Å². The Kier molecular flexibility index (Phi) is 16.1. The van der Waals surface area contributed by atoms with Gasteiger partial charge >= 0.3 is 23.9 Å². The molecule has 2 heterocycles. The van der Waals surface area contributed by atoms with Crippen LogP contribution >= 0.6 is 0 Å². The molecule has 4 amide bonds. The summed E-state index contributed by atoms with van der Waals surface area (Å²) in [4.78, 5) is 70.3. The Morgan fingerprint density at radius 2 is 0.846 bits per heavy atom. The number of imide groups is 2. The average molecular weight is 649 g/mol. The van der Waals surface area contributed by atoms with Crippen LogP contribution in [0.5, 0.6) is 0 Å². The fraction of sp³-hybridized carbons (Fsp3) is 0.571. The third kappa shape index (κ3) is 9.29. The van der Waals surface area contributed by atoms with Gasteiger partial charge in [0, 0.05) is 60.2 Å². The van der Waals surface area contributed by atoms with E-state index in [0.29, 0.717) is 25.7 Å². The van der Waals surface area contributed by atoms with E-state index >= 15 is 0 Å². The number of rotatable bonds is 6. The maximum atomic E-state index is 11.4. The van der Waals surface area contributed by atoms with Crippen LogP contribution in [-0.2, 0) is 28.8 Å². The molecule has 0 aromatic carbocycles. The van der Waals surface area contributed by atoms with Gasteiger partial charge in [0.15, 0.2) is 0 Å². The monoisotopic (exact) mass is 650 g/mol. The molecule has 2 fully saturated rings. The van der Waals surface area contributed by atoms with Crippen LogP contribution in [0.25, 0.3) is 0 Å². The van der Waals surface area contributed by atoms with E-state index in [4.69, 9.17) is 0 Å². The minimum Gasteiger partial charge on any atom is -0.549 e. The molecule has 0 aromatic rings. The third-order valence-electron chi connectivity index (χ3n) is 7.21. The Labute approximate surface area is 247 Å². The zero-order valence-electron chi connectivity index (χ0n) is 22.9. The van der Waals surface area contributed by atoms with E-state index in [0.717, 1.165) is 48.3 Å². The summed E-state index contributed by atoms with van der Waals surface area (Å²) in [6.45, 7) is 9.89. The number of carboxylic acids is 2. The van der Waals surface area contributed by atoms with Gasteiger partial charge in [-0.2, -0.15) is 0 Å². The van der Waals surface area contributed by atoms with E-state index in [1.54, 1.807) is 13.8 Å². The summed E-state index contributed by atoms with van der Waals surface area (Å²) in [5.41, 5.74) is -2.09. The molecule has 0 spiro atoms. The summed E-state index contributed by atoms with van der Waals surface area (Å²) in [5.74, 6) is -4.01. The smallest absolute Gasteiger partial charge is 0.549 e. The van der Waals surface area contributed by atoms with Crippen molar-refractivity contribution in [2.45, 2.75) is 78.1 Å². The van der Waals surface area contributed by atoms with E-state index in [9.17, 15) is 39.0 Å². The normalized spacial score (nSPS) is 20.5. The first-order chi connectivity index (χ1) is 18.1. The van der Waals surface area contributed by atoms with Crippen molar-refractivity contribution in [3.63, 3.8) is 0 Å². The molecule has 0 bridgehead atoms. The van der Waals surface area contributed by atoms with Crippen molar-refractivity contribution in [2.75, 3.05) is 13.1 Å². The maximum absolute atomic E-state index is 11.4. The number of carbonyl (C=O) groups excluding carboxylic acids is 6. The molecule has 2 aliphatic carbocycles. The first-order valence-electron chi connectivity index (χ1n) is 13.0. The van der Waals surface area contributed by atoms with Crippen LogP contribution in [-0.4, -0.2) is 82.4 Å². The molecule has 4 aliphatic rings. The Balaban J connectivity index is 0.000000642. The molecule has 4 rings (SSSR count). The molecular weight excluding hydrogens is 611 g/mol. The number of carboxylic acid groups (broad SMARTS) is 2. The Hall–Kier alpha value is -2.50. The molecule has 0 N–H and O–H groups in total. The second-order valence-electron chi connectivity index (χ2n) is 9.45. The van der Waals surface area contributed by atoms with Crippen LogP contribution < -0.4 is 10.2 Å². The molecule has 4 radical (unpaired) electrons. The zero-order valence-corrected chi connectivity index (χ0v) is 25.7. The molecule has 10 nitrogen and oxygen atoms in total. The van der Waals surface area contributed by atoms with E-state index < -0.39 is 46.4 Å². The summed E-state index contributed by atoms with van der Waals surface area (Å²) in [6, 6.07) is 0. The predicted octanol–water partition coefficient (Wildman–Crippen LogP) is 0.524. The molecule has 0 atom stereocenters. The van der Waals surface area contributed by atoms with Crippen molar-refractivity contribution in [3.05, 3.63) is 38.2 Å². The Bertz CT molecular complexity index is 835. The van der Waals surface area contributed by atoms with E-state index in [1.807, 2.05) is 0 Å². The van der Waals surface area contributed by atoms with Gasteiger partial charge in [0.2, 0.25) is 0 Å². The van der Waals surface area contributed by atoms with Crippen molar-refractivity contribution in [3.8, 4) is 0 Å². The third-order valence-corrected chi connectivity index (χ3v) is 7.21. The summed E-state index contributed by atoms with van der Waals surface area (Å²) in [5, 5.41) is 22.6. The molecule has 2 saturated carbocycles. The maximum Gasteiger partial charge on any atom is 2.00 e. The molecule has 2 aliphatic heterocycles. The van der Waals surface area contributed by atoms with Gasteiger partial charge < -0.3 is 19.8 Å². The number of aliphatic carboxylic acids is 2. The Morgan fingerprint density at radius 1 is 0.615 bits per heavy atom. The van der Waals surface area contributed by atoms with Gasteiger partial charge in [-0.1, -0.05) is 66.2 Å². The SMILES string of the molecule is O=C1C=CC(=O)N1CC1(C(=O)[O-])CCCCC1.O=C1C=CC(=O)N1CC1(C(=O)[O-])CCCCC1.[CH2]C.[CH2]C.[Sn+2]. The van der Waals surface area contributed by atoms with Gasteiger partial charge in [0.25, 0.3) is 23.6 Å². The quantitative estimate of drug-likeness (QED) is 0.298. The van der Waals surface area contributed by atoms with Crippen molar-refractivity contribution >= 4 is 59.5 Å². The van der Waals surface area contributed by atoms with Gasteiger partial charge in [-0.3, -0.25) is 29.0 Å². The number of hydrogen-bond acceptors (Lipinski definition) is 8. The van der Waals surface area contributed by atoms with Crippen LogP contribution in [0.4, 0.5) is 0 Å². The van der Waals surface area contributed by atoms with Gasteiger partial charge in [-0.05, 0) is 25.7 Å². The minimum absolute atomic E-state index is 0. The number of amides is 4. The van der Waals surface area contributed by atoms with Gasteiger partial charge in [-0.15, -0.1) is 0 Å². The molecule has 0 saturated heterocycles. The first kappa shape index (κ1) is 36.5. The number of nitrogens with zero attached hydrogens (tertiary/aromatic N) is 2. The summed E-state index contributed by atoms with van der Waals surface area (Å²) >= 11 is 0. The van der Waals surface area contributed by atoms with Crippen molar-refractivity contribution in [1.82, 2.24) is 9.80 Å².